The van der Waals surface area contributed by atoms with E-state index < -0.39 is 0 Å². The summed E-state index contributed by atoms with van der Waals surface area (Å²) in [7, 11) is 0. The van der Waals surface area contributed by atoms with Crippen LogP contribution in [0.25, 0.3) is 22.3 Å². The van der Waals surface area contributed by atoms with Gasteiger partial charge in [0.05, 0.1) is 17.9 Å². The predicted molar refractivity (Wildman–Crippen MR) is 98.4 cm³/mol. The number of nitrogens with zero attached hydrogens (tertiary/aromatic N) is 5. The van der Waals surface area contributed by atoms with Crippen molar-refractivity contribution in [2.75, 3.05) is 24.5 Å². The fourth-order valence-electron chi connectivity index (χ4n) is 3.41. The Kier molecular flexibility index (Phi) is 4.31. The summed E-state index contributed by atoms with van der Waals surface area (Å²) in [5.41, 5.74) is 1.96. The number of hydrogen-bond donors (Lipinski definition) is 2. The minimum Gasteiger partial charge on any atom is -0.352 e. The summed E-state index contributed by atoms with van der Waals surface area (Å²) in [4.78, 5) is 7.07. The zero-order valence-corrected chi connectivity index (χ0v) is 14.6. The van der Waals surface area contributed by atoms with Gasteiger partial charge < -0.3 is 10.2 Å². The van der Waals surface area contributed by atoms with Crippen LogP contribution in [0, 0.1) is 5.92 Å². The Balaban J connectivity index is 1.58. The Morgan fingerprint density at radius 3 is 3.08 bits per heavy atom. The van der Waals surface area contributed by atoms with Crippen molar-refractivity contribution in [2.45, 2.75) is 26.3 Å². The molecule has 0 amide bonds. The molecule has 1 aliphatic rings. The first-order valence-corrected chi connectivity index (χ1v) is 8.80. The molecule has 7 heteroatoms. The first-order valence-electron chi connectivity index (χ1n) is 8.80. The summed E-state index contributed by atoms with van der Waals surface area (Å²) in [5.74, 6) is 2.23. The summed E-state index contributed by atoms with van der Waals surface area (Å²) in [6, 6.07) is 6.53. The van der Waals surface area contributed by atoms with E-state index in [0.29, 0.717) is 17.8 Å². The van der Waals surface area contributed by atoms with Gasteiger partial charge in [-0.1, -0.05) is 13.8 Å². The minimum atomic E-state index is 0.495. The summed E-state index contributed by atoms with van der Waals surface area (Å²) in [5, 5.41) is 20.1. The maximum absolute atomic E-state index is 4.77. The Bertz CT molecular complexity index is 857. The average Bonchev–Trinajstić information content (AvgIpc) is 3.09. The topological polar surface area (TPSA) is 82.6 Å². The molecule has 0 spiro atoms. The molecule has 0 aliphatic carbocycles. The highest BCUT2D eigenvalue weighted by Crippen LogP contribution is 2.22. The van der Waals surface area contributed by atoms with Crippen LogP contribution >= 0.6 is 0 Å². The first-order chi connectivity index (χ1) is 12.2. The van der Waals surface area contributed by atoms with Crippen molar-refractivity contribution in [3.05, 3.63) is 30.6 Å². The molecule has 3 heterocycles. The van der Waals surface area contributed by atoms with E-state index in [0.717, 1.165) is 41.9 Å². The Morgan fingerprint density at radius 1 is 1.28 bits per heavy atom. The van der Waals surface area contributed by atoms with Crippen LogP contribution in [0.3, 0.4) is 0 Å². The van der Waals surface area contributed by atoms with Gasteiger partial charge in [0.15, 0.2) is 11.6 Å². The number of hydrogen-bond acceptors (Lipinski definition) is 6. The zero-order valence-electron chi connectivity index (χ0n) is 14.6. The molecule has 4 rings (SSSR count). The molecule has 1 unspecified atom stereocenters. The van der Waals surface area contributed by atoms with Crippen molar-refractivity contribution in [1.29, 1.82) is 0 Å². The van der Waals surface area contributed by atoms with E-state index in [2.05, 4.69) is 44.5 Å². The molecule has 1 aliphatic heterocycles. The lowest BCUT2D eigenvalue weighted by atomic mass is 10.0. The summed E-state index contributed by atoms with van der Waals surface area (Å²) >= 11 is 0. The molecule has 1 saturated heterocycles. The number of piperazine rings is 1. The van der Waals surface area contributed by atoms with E-state index in [1.165, 1.54) is 6.42 Å². The third kappa shape index (κ3) is 3.46. The summed E-state index contributed by atoms with van der Waals surface area (Å²) in [6.07, 6.45) is 4.74. The normalized spacial score (nSPS) is 18.2. The average molecular weight is 337 g/mol. The molecule has 0 radical (unpaired) electrons. The lowest BCUT2D eigenvalue weighted by molar-refractivity contribution is 0.387. The van der Waals surface area contributed by atoms with Crippen LogP contribution in [0.1, 0.15) is 20.3 Å². The number of aromatic nitrogens is 5. The molecule has 0 bridgehead atoms. The van der Waals surface area contributed by atoms with Crippen molar-refractivity contribution < 1.29 is 0 Å². The lowest BCUT2D eigenvalue weighted by Gasteiger charge is -2.35. The SMILES string of the molecule is CC(C)CC1CN(c2cnnc(-c3ccc4[nH]ncc4c3)n2)CCN1. The molecular formula is C18H23N7. The van der Waals surface area contributed by atoms with Gasteiger partial charge in [-0.2, -0.15) is 10.2 Å². The highest BCUT2D eigenvalue weighted by Gasteiger charge is 2.21. The number of benzene rings is 1. The Morgan fingerprint density at radius 2 is 2.20 bits per heavy atom. The number of nitrogens with one attached hydrogen (secondary N) is 2. The fourth-order valence-corrected chi connectivity index (χ4v) is 3.41. The van der Waals surface area contributed by atoms with Crippen LogP contribution in [0.4, 0.5) is 5.82 Å². The quantitative estimate of drug-likeness (QED) is 0.760. The summed E-state index contributed by atoms with van der Waals surface area (Å²) in [6.45, 7) is 7.39. The van der Waals surface area contributed by atoms with E-state index in [-0.39, 0.29) is 0 Å². The molecule has 1 atom stereocenters. The van der Waals surface area contributed by atoms with E-state index in [1.54, 1.807) is 6.20 Å². The number of aromatic amines is 1. The van der Waals surface area contributed by atoms with E-state index in [9.17, 15) is 0 Å². The van der Waals surface area contributed by atoms with E-state index in [4.69, 9.17) is 4.98 Å². The number of rotatable bonds is 4. The highest BCUT2D eigenvalue weighted by molar-refractivity contribution is 5.82. The van der Waals surface area contributed by atoms with Crippen molar-refractivity contribution in [1.82, 2.24) is 30.7 Å². The van der Waals surface area contributed by atoms with Gasteiger partial charge in [0.25, 0.3) is 0 Å². The molecular weight excluding hydrogens is 314 g/mol. The molecule has 7 nitrogen and oxygen atoms in total. The van der Waals surface area contributed by atoms with Crippen LogP contribution in [-0.2, 0) is 0 Å². The van der Waals surface area contributed by atoms with Crippen LogP contribution in [-0.4, -0.2) is 51.1 Å². The third-order valence-electron chi connectivity index (χ3n) is 4.58. The van der Waals surface area contributed by atoms with Gasteiger partial charge in [0.1, 0.15) is 0 Å². The van der Waals surface area contributed by atoms with Gasteiger partial charge in [0.2, 0.25) is 0 Å². The monoisotopic (exact) mass is 337 g/mol. The smallest absolute Gasteiger partial charge is 0.183 e. The molecule has 3 aromatic rings. The van der Waals surface area contributed by atoms with Crippen molar-refractivity contribution in [3.8, 4) is 11.4 Å². The van der Waals surface area contributed by atoms with Crippen molar-refractivity contribution in [3.63, 3.8) is 0 Å². The molecule has 25 heavy (non-hydrogen) atoms. The van der Waals surface area contributed by atoms with Crippen LogP contribution in [0.2, 0.25) is 0 Å². The Hall–Kier alpha value is -2.54. The predicted octanol–water partition coefficient (Wildman–Crippen LogP) is 2.24. The summed E-state index contributed by atoms with van der Waals surface area (Å²) < 4.78 is 0. The molecule has 1 aromatic carbocycles. The second-order valence-corrected chi connectivity index (χ2v) is 7.04. The lowest BCUT2D eigenvalue weighted by Crippen LogP contribution is -2.51. The van der Waals surface area contributed by atoms with Crippen LogP contribution in [0.15, 0.2) is 30.6 Å². The molecule has 1 fully saturated rings. The van der Waals surface area contributed by atoms with Gasteiger partial charge in [-0.25, -0.2) is 4.98 Å². The van der Waals surface area contributed by atoms with Crippen molar-refractivity contribution >= 4 is 16.7 Å². The third-order valence-corrected chi connectivity index (χ3v) is 4.58. The molecule has 2 aromatic heterocycles. The fraction of sp³-hybridized carbons (Fsp3) is 0.444. The van der Waals surface area contributed by atoms with E-state index >= 15 is 0 Å². The van der Waals surface area contributed by atoms with E-state index in [1.807, 2.05) is 24.4 Å². The van der Waals surface area contributed by atoms with Crippen molar-refractivity contribution in [2.24, 2.45) is 5.92 Å². The van der Waals surface area contributed by atoms with Gasteiger partial charge in [0, 0.05) is 36.6 Å². The second-order valence-electron chi connectivity index (χ2n) is 7.04. The van der Waals surface area contributed by atoms with Gasteiger partial charge in [-0.05, 0) is 30.5 Å². The molecule has 2 N–H and O–H groups in total. The standard InChI is InChI=1S/C18H23N7/c1-12(2)7-15-11-25(6-5-19-15)17-10-21-24-18(22-17)13-3-4-16-14(8-13)9-20-23-16/h3-4,8-10,12,15,19H,5-7,11H2,1-2H3,(H,20,23). The maximum Gasteiger partial charge on any atom is 0.183 e. The second kappa shape index (κ2) is 6.76. The van der Waals surface area contributed by atoms with Crippen LogP contribution < -0.4 is 10.2 Å². The number of H-pyrrole nitrogens is 1. The maximum atomic E-state index is 4.77. The first kappa shape index (κ1) is 16.0. The largest absolute Gasteiger partial charge is 0.352 e. The zero-order chi connectivity index (χ0) is 17.2. The Labute approximate surface area is 146 Å². The highest BCUT2D eigenvalue weighted by atomic mass is 15.3. The minimum absolute atomic E-state index is 0.495. The molecule has 130 valence electrons. The van der Waals surface area contributed by atoms with Gasteiger partial charge in [-0.3, -0.25) is 5.10 Å². The molecule has 0 saturated carbocycles. The van der Waals surface area contributed by atoms with Gasteiger partial charge in [-0.15, -0.1) is 5.10 Å². The number of fused-ring (bicyclic) bond motifs is 1. The van der Waals surface area contributed by atoms with Gasteiger partial charge >= 0.3 is 0 Å². The van der Waals surface area contributed by atoms with Crippen LogP contribution in [0.5, 0.6) is 0 Å². The number of anilines is 1.